The second-order valence-corrected chi connectivity index (χ2v) is 5.67. The average molecular weight is 256 g/mol. The first-order chi connectivity index (χ1) is 8.69. The number of likely N-dealkylation sites (tertiary alicyclic amines) is 1. The van der Waals surface area contributed by atoms with Gasteiger partial charge in [-0.25, -0.2) is 0 Å². The van der Waals surface area contributed by atoms with Crippen molar-refractivity contribution in [1.29, 1.82) is 0 Å². The van der Waals surface area contributed by atoms with Crippen LogP contribution in [0.15, 0.2) is 0 Å². The smallest absolute Gasteiger partial charge is 0.0637 e. The molecule has 0 aliphatic carbocycles. The Morgan fingerprint density at radius 2 is 1.89 bits per heavy atom. The van der Waals surface area contributed by atoms with Crippen LogP contribution < -0.4 is 5.32 Å². The fraction of sp³-hybridized carbons (Fsp3) is 1.00. The summed E-state index contributed by atoms with van der Waals surface area (Å²) in [6.45, 7) is 11.1. The van der Waals surface area contributed by atoms with E-state index in [1.54, 1.807) is 0 Å². The molecule has 0 radical (unpaired) electrons. The summed E-state index contributed by atoms with van der Waals surface area (Å²) in [5, 5.41) is 3.48. The van der Waals surface area contributed by atoms with Gasteiger partial charge in [0, 0.05) is 18.2 Å². The van der Waals surface area contributed by atoms with E-state index >= 15 is 0 Å². The Morgan fingerprint density at radius 3 is 2.39 bits per heavy atom. The van der Waals surface area contributed by atoms with Crippen molar-refractivity contribution in [2.45, 2.75) is 64.5 Å². The lowest BCUT2D eigenvalue weighted by Gasteiger charge is -2.47. The van der Waals surface area contributed by atoms with Gasteiger partial charge in [-0.2, -0.15) is 0 Å². The van der Waals surface area contributed by atoms with Gasteiger partial charge in [0.25, 0.3) is 0 Å². The minimum atomic E-state index is 0.225. The van der Waals surface area contributed by atoms with Gasteiger partial charge in [0.15, 0.2) is 0 Å². The predicted molar refractivity (Wildman–Crippen MR) is 78.1 cm³/mol. The van der Waals surface area contributed by atoms with Crippen LogP contribution in [-0.2, 0) is 4.74 Å². The molecule has 0 saturated carbocycles. The molecule has 0 amide bonds. The number of likely N-dealkylation sites (N-methyl/N-ethyl adjacent to an activating group) is 1. The van der Waals surface area contributed by atoms with Crippen LogP contribution in [0.25, 0.3) is 0 Å². The monoisotopic (exact) mass is 256 g/mol. The summed E-state index contributed by atoms with van der Waals surface area (Å²) in [6.07, 6.45) is 6.37. The highest BCUT2D eigenvalue weighted by molar-refractivity contribution is 4.96. The molecule has 3 heteroatoms. The molecule has 0 spiro atoms. The van der Waals surface area contributed by atoms with Crippen LogP contribution in [0.3, 0.4) is 0 Å². The lowest BCUT2D eigenvalue weighted by atomic mass is 9.86. The minimum Gasteiger partial charge on any atom is -0.380 e. The van der Waals surface area contributed by atoms with Crippen molar-refractivity contribution in [2.75, 3.05) is 33.4 Å². The molecule has 1 rings (SSSR count). The molecule has 18 heavy (non-hydrogen) atoms. The Morgan fingerprint density at radius 1 is 1.22 bits per heavy atom. The highest BCUT2D eigenvalue weighted by atomic mass is 16.5. The van der Waals surface area contributed by atoms with Crippen LogP contribution in [0, 0.1) is 0 Å². The van der Waals surface area contributed by atoms with Gasteiger partial charge < -0.3 is 10.1 Å². The van der Waals surface area contributed by atoms with E-state index in [1.807, 2.05) is 0 Å². The van der Waals surface area contributed by atoms with Gasteiger partial charge in [-0.1, -0.05) is 20.3 Å². The van der Waals surface area contributed by atoms with Gasteiger partial charge >= 0.3 is 0 Å². The van der Waals surface area contributed by atoms with Crippen molar-refractivity contribution in [2.24, 2.45) is 0 Å². The minimum absolute atomic E-state index is 0.225. The summed E-state index contributed by atoms with van der Waals surface area (Å²) in [5.41, 5.74) is 0.225. The molecule has 0 aromatic rings. The molecule has 1 fully saturated rings. The zero-order valence-electron chi connectivity index (χ0n) is 12.8. The molecular formula is C15H32N2O. The number of ether oxygens (including phenoxy) is 1. The normalized spacial score (nSPS) is 22.7. The topological polar surface area (TPSA) is 24.5 Å². The van der Waals surface area contributed by atoms with Crippen LogP contribution >= 0.6 is 0 Å². The maximum atomic E-state index is 5.79. The Hall–Kier alpha value is -0.120. The van der Waals surface area contributed by atoms with E-state index in [4.69, 9.17) is 4.74 Å². The van der Waals surface area contributed by atoms with Crippen LogP contribution in [-0.4, -0.2) is 49.8 Å². The van der Waals surface area contributed by atoms with Gasteiger partial charge in [0.2, 0.25) is 0 Å². The SMILES string of the molecule is CCCOCC(NC)C(C)(CC)N1CCCCC1. The number of rotatable bonds is 8. The lowest BCUT2D eigenvalue weighted by molar-refractivity contribution is 0.00525. The van der Waals surface area contributed by atoms with Crippen LogP contribution in [0.2, 0.25) is 0 Å². The molecule has 1 N–H and O–H groups in total. The molecule has 108 valence electrons. The van der Waals surface area contributed by atoms with Gasteiger partial charge in [-0.3, -0.25) is 4.90 Å². The fourth-order valence-electron chi connectivity index (χ4n) is 3.01. The molecule has 2 atom stereocenters. The van der Waals surface area contributed by atoms with Crippen molar-refractivity contribution in [3.63, 3.8) is 0 Å². The summed E-state index contributed by atoms with van der Waals surface area (Å²) in [5.74, 6) is 0. The predicted octanol–water partition coefficient (Wildman–Crippen LogP) is 2.66. The molecule has 2 unspecified atom stereocenters. The number of hydrogen-bond acceptors (Lipinski definition) is 3. The molecular weight excluding hydrogens is 224 g/mol. The van der Waals surface area contributed by atoms with E-state index in [9.17, 15) is 0 Å². The lowest BCUT2D eigenvalue weighted by Crippen LogP contribution is -2.61. The Bertz CT molecular complexity index is 217. The van der Waals surface area contributed by atoms with E-state index in [2.05, 4.69) is 38.0 Å². The third-order valence-corrected chi connectivity index (χ3v) is 4.53. The highest BCUT2D eigenvalue weighted by Gasteiger charge is 2.37. The summed E-state index contributed by atoms with van der Waals surface area (Å²) in [7, 11) is 2.07. The van der Waals surface area contributed by atoms with E-state index < -0.39 is 0 Å². The Balaban J connectivity index is 2.62. The first kappa shape index (κ1) is 15.9. The van der Waals surface area contributed by atoms with Crippen molar-refractivity contribution in [3.05, 3.63) is 0 Å². The summed E-state index contributed by atoms with van der Waals surface area (Å²) in [6, 6.07) is 0.423. The van der Waals surface area contributed by atoms with Crippen molar-refractivity contribution in [1.82, 2.24) is 10.2 Å². The van der Waals surface area contributed by atoms with Crippen LogP contribution in [0.1, 0.15) is 52.9 Å². The molecule has 0 aromatic heterocycles. The average Bonchev–Trinajstić information content (AvgIpc) is 2.44. The van der Waals surface area contributed by atoms with Gasteiger partial charge in [0.05, 0.1) is 6.61 Å². The quantitative estimate of drug-likeness (QED) is 0.676. The van der Waals surface area contributed by atoms with Gasteiger partial charge in [-0.05, 0) is 52.7 Å². The number of nitrogens with zero attached hydrogens (tertiary/aromatic N) is 1. The third kappa shape index (κ3) is 3.94. The summed E-state index contributed by atoms with van der Waals surface area (Å²) in [4.78, 5) is 2.67. The maximum Gasteiger partial charge on any atom is 0.0637 e. The van der Waals surface area contributed by atoms with E-state index in [-0.39, 0.29) is 5.54 Å². The maximum absolute atomic E-state index is 5.79. The van der Waals surface area contributed by atoms with E-state index in [0.717, 1.165) is 19.6 Å². The van der Waals surface area contributed by atoms with Gasteiger partial charge in [0.1, 0.15) is 0 Å². The second kappa shape index (κ2) is 8.13. The molecule has 1 heterocycles. The number of hydrogen-bond donors (Lipinski definition) is 1. The van der Waals surface area contributed by atoms with Crippen LogP contribution in [0.4, 0.5) is 0 Å². The third-order valence-electron chi connectivity index (χ3n) is 4.53. The molecule has 0 aromatic carbocycles. The van der Waals surface area contributed by atoms with Crippen molar-refractivity contribution < 1.29 is 4.74 Å². The van der Waals surface area contributed by atoms with Crippen LogP contribution in [0.5, 0.6) is 0 Å². The molecule has 3 nitrogen and oxygen atoms in total. The first-order valence-electron chi connectivity index (χ1n) is 7.69. The van der Waals surface area contributed by atoms with E-state index in [0.29, 0.717) is 6.04 Å². The largest absolute Gasteiger partial charge is 0.380 e. The molecule has 1 aliphatic heterocycles. The fourth-order valence-corrected chi connectivity index (χ4v) is 3.01. The van der Waals surface area contributed by atoms with Crippen molar-refractivity contribution >= 4 is 0 Å². The molecule has 0 bridgehead atoms. The zero-order chi connectivity index (χ0) is 13.4. The molecule has 1 saturated heterocycles. The zero-order valence-corrected chi connectivity index (χ0v) is 12.8. The summed E-state index contributed by atoms with van der Waals surface area (Å²) < 4.78 is 5.79. The standard InChI is InChI=1S/C15H32N2O/c1-5-12-18-13-14(16-4)15(3,6-2)17-10-8-7-9-11-17/h14,16H,5-13H2,1-4H3. The Labute approximate surface area is 113 Å². The highest BCUT2D eigenvalue weighted by Crippen LogP contribution is 2.27. The Kier molecular flexibility index (Phi) is 7.20. The van der Waals surface area contributed by atoms with E-state index in [1.165, 1.54) is 38.8 Å². The second-order valence-electron chi connectivity index (χ2n) is 5.67. The first-order valence-corrected chi connectivity index (χ1v) is 7.69. The van der Waals surface area contributed by atoms with Gasteiger partial charge in [-0.15, -0.1) is 0 Å². The number of piperidine rings is 1. The van der Waals surface area contributed by atoms with Crippen molar-refractivity contribution in [3.8, 4) is 0 Å². The number of nitrogens with one attached hydrogen (secondary N) is 1. The molecule has 1 aliphatic rings. The summed E-state index contributed by atoms with van der Waals surface area (Å²) >= 11 is 0.